The predicted molar refractivity (Wildman–Crippen MR) is 412 cm³/mol. The van der Waals surface area contributed by atoms with E-state index in [1.807, 2.05) is 177 Å². The van der Waals surface area contributed by atoms with Gasteiger partial charge in [0.05, 0.1) is 28.9 Å². The van der Waals surface area contributed by atoms with Gasteiger partial charge in [-0.1, -0.05) is 163 Å². The normalized spacial score (nSPS) is 11.0. The molecule has 105 heavy (non-hydrogen) atoms. The van der Waals surface area contributed by atoms with Crippen LogP contribution in [0, 0.1) is 20.8 Å². The Morgan fingerprint density at radius 1 is 0.486 bits per heavy atom. The number of hydrogen-bond donors (Lipinski definition) is 7. The molecule has 11 rings (SSSR count). The Morgan fingerprint density at radius 3 is 1.52 bits per heavy atom. The summed E-state index contributed by atoms with van der Waals surface area (Å²) < 4.78 is 37.1. The number of fused-ring (bicyclic) bond motifs is 1. The first kappa shape index (κ1) is 78.3. The summed E-state index contributed by atoms with van der Waals surface area (Å²) in [4.78, 5) is 82.5. The van der Waals surface area contributed by atoms with Crippen LogP contribution in [0.15, 0.2) is 272 Å². The molecule has 0 heterocycles. The van der Waals surface area contributed by atoms with Gasteiger partial charge in [0.2, 0.25) is 23.6 Å². The van der Waals surface area contributed by atoms with E-state index >= 15 is 0 Å². The molecule has 0 bridgehead atoms. The molecule has 0 aliphatic heterocycles. The fourth-order valence-corrected chi connectivity index (χ4v) is 12.2. The van der Waals surface area contributed by atoms with E-state index in [0.717, 1.165) is 45.1 Å². The van der Waals surface area contributed by atoms with Crippen molar-refractivity contribution in [3.63, 3.8) is 0 Å². The van der Waals surface area contributed by atoms with Gasteiger partial charge < -0.3 is 46.1 Å². The van der Waals surface area contributed by atoms with E-state index in [4.69, 9.17) is 26.6 Å². The van der Waals surface area contributed by atoms with E-state index in [1.165, 1.54) is 60.7 Å². The van der Waals surface area contributed by atoms with Gasteiger partial charge in [0.25, 0.3) is 0 Å². The number of carbonyl (C=O) groups excluding carboxylic acids is 5. The molecule has 4 amide bonds. The van der Waals surface area contributed by atoms with Gasteiger partial charge in [0.1, 0.15) is 22.8 Å². The Kier molecular flexibility index (Phi) is 29.2. The van der Waals surface area contributed by atoms with Crippen molar-refractivity contribution in [2.24, 2.45) is 0 Å². The molecule has 11 aromatic rings. The first-order valence-corrected chi connectivity index (χ1v) is 35.4. The number of sulfone groups is 1. The second-order valence-electron chi connectivity index (χ2n) is 24.3. The lowest BCUT2D eigenvalue weighted by atomic mass is 9.91. The van der Waals surface area contributed by atoms with E-state index in [0.29, 0.717) is 58.3 Å². The van der Waals surface area contributed by atoms with Crippen molar-refractivity contribution < 1.29 is 66.8 Å². The van der Waals surface area contributed by atoms with Gasteiger partial charge in [-0.25, -0.2) is 22.8 Å². The number of methoxy groups -OCH3 is 1. The molecule has 0 radical (unpaired) electrons. The maximum absolute atomic E-state index is 13.3. The zero-order valence-electron chi connectivity index (χ0n) is 58.1. The zero-order valence-corrected chi connectivity index (χ0v) is 59.7. The number of para-hydroxylation sites is 1. The Labute approximate surface area is 614 Å². The van der Waals surface area contributed by atoms with E-state index < -0.39 is 45.3 Å². The Morgan fingerprint density at radius 2 is 0.971 bits per heavy atom. The van der Waals surface area contributed by atoms with Crippen LogP contribution in [-0.2, 0) is 46.6 Å². The number of ether oxygens (including phenoxy) is 2. The number of aromatic hydroxyl groups is 1. The van der Waals surface area contributed by atoms with Gasteiger partial charge in [0.15, 0.2) is 9.84 Å². The standard InChI is InChI=1S/C34H29NO7S.C18H16ClNO3.C17H17NO3.C16H17NO/c36-32-22-27(12-17-31(32)34(38)39)35-33(37)21-26(25-11-10-23-6-4-5-7-24(23)20-25)18-19-43(40,41)30-15-13-29(14-16-30)42-28-8-2-1-3-9-28;1-12-11-15(8-9-16(12)18(22)23-2)20-17(21)10-5-13-3-6-14(19)7-4-13;1-12-11-14(8-9-15(12)17(20)21)18-16(19)10-7-13-5-3-2-4-6-13;1-13-7-10-15(11-8-13)17-16(18)12-9-14-5-3-2-4-6-14/h1-17,20,22,26,36H,18-19,21H2,(H,35,37)(H,38,39);3-11H,1-2H3,(H,20,21);2-6,8-9,11H,7,10H2,1H3,(H,18,19)(H,20,21);2-8,10-11H,9,12H2,1H3,(H,17,18)/b;10-5+;;. The van der Waals surface area contributed by atoms with Crippen molar-refractivity contribution in [1.29, 1.82) is 0 Å². The smallest absolute Gasteiger partial charge is 0.339 e. The lowest BCUT2D eigenvalue weighted by molar-refractivity contribution is -0.117. The fraction of sp³-hybridized carbons (Fsp3) is 0.141. The first-order valence-electron chi connectivity index (χ1n) is 33.4. The van der Waals surface area contributed by atoms with Crippen LogP contribution in [0.4, 0.5) is 22.7 Å². The molecule has 0 aromatic heterocycles. The fourth-order valence-electron chi connectivity index (χ4n) is 10.7. The van der Waals surface area contributed by atoms with E-state index in [1.54, 1.807) is 74.5 Å². The first-order chi connectivity index (χ1) is 50.5. The summed E-state index contributed by atoms with van der Waals surface area (Å²) >= 11 is 5.81. The van der Waals surface area contributed by atoms with Crippen LogP contribution in [-0.4, -0.2) is 78.1 Å². The number of aromatic carboxylic acids is 2. The molecule has 7 N–H and O–H groups in total. The number of aryl methyl sites for hydroxylation is 5. The number of amides is 4. The third-order valence-corrected chi connectivity index (χ3v) is 18.3. The molecule has 0 aliphatic rings. The monoisotopic (exact) mass is 1450 g/mol. The number of phenols is 1. The van der Waals surface area contributed by atoms with E-state index in [2.05, 4.69) is 26.0 Å². The van der Waals surface area contributed by atoms with Crippen LogP contribution >= 0.6 is 11.6 Å². The lowest BCUT2D eigenvalue weighted by Crippen LogP contribution is -2.18. The van der Waals surface area contributed by atoms with E-state index in [-0.39, 0.29) is 58.0 Å². The number of benzene rings is 11. The second kappa shape index (κ2) is 39.1. The summed E-state index contributed by atoms with van der Waals surface area (Å²) in [5.74, 6) is -3.28. The topological polar surface area (TPSA) is 281 Å². The van der Waals surface area contributed by atoms with Gasteiger partial charge in [-0.05, 0) is 205 Å². The summed E-state index contributed by atoms with van der Waals surface area (Å²) in [7, 11) is -2.35. The minimum Gasteiger partial charge on any atom is -0.507 e. The van der Waals surface area contributed by atoms with Crippen LogP contribution in [0.1, 0.15) is 102 Å². The maximum atomic E-state index is 13.3. The number of halogens is 1. The van der Waals surface area contributed by atoms with Gasteiger partial charge in [-0.2, -0.15) is 0 Å². The highest BCUT2D eigenvalue weighted by Crippen LogP contribution is 2.32. The third-order valence-electron chi connectivity index (χ3n) is 16.3. The predicted octanol–water partition coefficient (Wildman–Crippen LogP) is 17.9. The van der Waals surface area contributed by atoms with Gasteiger partial charge in [0, 0.05) is 59.2 Å². The van der Waals surface area contributed by atoms with Gasteiger partial charge in [-0.15, -0.1) is 0 Å². The molecule has 0 aliphatic carbocycles. The third kappa shape index (κ3) is 25.5. The molecule has 0 spiro atoms. The van der Waals surface area contributed by atoms with Crippen molar-refractivity contribution >= 4 is 103 Å². The van der Waals surface area contributed by atoms with Gasteiger partial charge >= 0.3 is 17.9 Å². The quantitative estimate of drug-likeness (QED) is 0.0219. The number of anilines is 4. The Balaban J connectivity index is 0.000000191. The highest BCUT2D eigenvalue weighted by molar-refractivity contribution is 7.91. The summed E-state index contributed by atoms with van der Waals surface area (Å²) in [6, 6.07) is 77.4. The number of nitrogens with one attached hydrogen (secondary N) is 4. The van der Waals surface area contributed by atoms with Crippen molar-refractivity contribution in [1.82, 2.24) is 0 Å². The van der Waals surface area contributed by atoms with Crippen molar-refractivity contribution in [2.75, 3.05) is 34.1 Å². The molecule has 0 saturated heterocycles. The summed E-state index contributed by atoms with van der Waals surface area (Å²) in [6.45, 7) is 5.52. The molecule has 0 fully saturated rings. The van der Waals surface area contributed by atoms with Crippen LogP contribution in [0.5, 0.6) is 17.2 Å². The molecular formula is C85H79ClN4O14S. The summed E-state index contributed by atoms with van der Waals surface area (Å²) in [5.41, 5.74) is 9.32. The van der Waals surface area contributed by atoms with Crippen LogP contribution in [0.2, 0.25) is 5.02 Å². The molecular weight excluding hydrogens is 1370 g/mol. The minimum atomic E-state index is -3.68. The van der Waals surface area contributed by atoms with E-state index in [9.17, 15) is 47.1 Å². The SMILES string of the molecule is COC(=O)c1ccc(NC(=O)/C=C/c2ccc(Cl)cc2)cc1C.Cc1cc(NC(=O)CCc2ccccc2)ccc1C(=O)O.Cc1ccc(NC(=O)CCc2ccccc2)cc1.O=C(CC(CCS(=O)(=O)c1ccc(Oc2ccccc2)cc1)c1ccc2ccccc2c1)Nc1ccc(C(=O)O)c(O)c1. The summed E-state index contributed by atoms with van der Waals surface area (Å²) in [6.07, 6.45) is 5.64. The minimum absolute atomic E-state index is 0.0286. The average Bonchev–Trinajstić information content (AvgIpc) is 0.839. The van der Waals surface area contributed by atoms with Crippen LogP contribution in [0.3, 0.4) is 0 Å². The molecule has 1 atom stereocenters. The second-order valence-corrected chi connectivity index (χ2v) is 26.8. The molecule has 18 nitrogen and oxygen atoms in total. The molecule has 536 valence electrons. The van der Waals surface area contributed by atoms with Crippen LogP contribution in [0.25, 0.3) is 16.8 Å². The number of carboxylic acids is 2. The molecule has 20 heteroatoms. The molecule has 11 aromatic carbocycles. The number of carboxylic acid groups (broad SMARTS) is 2. The van der Waals surface area contributed by atoms with Crippen molar-refractivity contribution in [3.05, 3.63) is 328 Å². The number of esters is 1. The average molecular weight is 1450 g/mol. The van der Waals surface area contributed by atoms with Crippen LogP contribution < -0.4 is 26.0 Å². The maximum Gasteiger partial charge on any atom is 0.339 e. The Bertz CT molecular complexity index is 4950. The molecule has 1 unspecified atom stereocenters. The number of carbonyl (C=O) groups is 7. The van der Waals surface area contributed by atoms with Crippen molar-refractivity contribution in [3.8, 4) is 17.2 Å². The number of hydrogen-bond acceptors (Lipinski definition) is 12. The van der Waals surface area contributed by atoms with Crippen molar-refractivity contribution in [2.45, 2.75) is 70.1 Å². The highest BCUT2D eigenvalue weighted by Gasteiger charge is 2.23. The number of rotatable bonds is 24. The lowest BCUT2D eigenvalue weighted by Gasteiger charge is -2.18. The Hall–Kier alpha value is -12.5. The zero-order chi connectivity index (χ0) is 75.3. The van der Waals surface area contributed by atoms with Gasteiger partial charge in [-0.3, -0.25) is 19.2 Å². The molecule has 0 saturated carbocycles. The summed E-state index contributed by atoms with van der Waals surface area (Å²) in [5, 5.41) is 41.9. The largest absolute Gasteiger partial charge is 0.507 e. The highest BCUT2D eigenvalue weighted by atomic mass is 35.5.